The van der Waals surface area contributed by atoms with Gasteiger partial charge in [0.2, 0.25) is 0 Å². The molecule has 0 unspecified atom stereocenters. The third-order valence-electron chi connectivity index (χ3n) is 3.55. The second-order valence-corrected chi connectivity index (χ2v) is 6.15. The number of nitrogens with zero attached hydrogens (tertiary/aromatic N) is 4. The zero-order valence-corrected chi connectivity index (χ0v) is 15.1. The zero-order chi connectivity index (χ0) is 18.7. The van der Waals surface area contributed by atoms with E-state index in [4.69, 9.17) is 23.2 Å². The smallest absolute Gasteiger partial charge is 0.271 e. The van der Waals surface area contributed by atoms with Gasteiger partial charge in [-0.3, -0.25) is 15.5 Å². The molecule has 2 aromatic carbocycles. The Labute approximate surface area is 159 Å². The predicted octanol–water partition coefficient (Wildman–Crippen LogP) is 4.84. The molecule has 3 rings (SSSR count). The maximum Gasteiger partial charge on any atom is 0.271 e. The highest BCUT2D eigenvalue weighted by Crippen LogP contribution is 2.24. The van der Waals surface area contributed by atoms with E-state index >= 15 is 0 Å². The molecule has 0 amide bonds. The molecule has 0 bridgehead atoms. The van der Waals surface area contributed by atoms with Crippen molar-refractivity contribution in [2.45, 2.75) is 6.92 Å². The van der Waals surface area contributed by atoms with E-state index in [1.54, 1.807) is 28.9 Å². The van der Waals surface area contributed by atoms with E-state index in [0.29, 0.717) is 27.1 Å². The summed E-state index contributed by atoms with van der Waals surface area (Å²) in [4.78, 5) is 10.3. The van der Waals surface area contributed by atoms with Crippen molar-refractivity contribution in [3.63, 3.8) is 0 Å². The van der Waals surface area contributed by atoms with Crippen LogP contribution >= 0.6 is 23.2 Å². The number of aryl methyl sites for hydroxylation is 1. The Bertz CT molecular complexity index is 1000. The Morgan fingerprint density at radius 1 is 1.23 bits per heavy atom. The van der Waals surface area contributed by atoms with Crippen molar-refractivity contribution in [2.24, 2.45) is 5.10 Å². The van der Waals surface area contributed by atoms with Gasteiger partial charge in [-0.25, -0.2) is 4.68 Å². The lowest BCUT2D eigenvalue weighted by Crippen LogP contribution is -1.96. The van der Waals surface area contributed by atoms with Crippen molar-refractivity contribution >= 4 is 40.8 Å². The van der Waals surface area contributed by atoms with Crippen molar-refractivity contribution < 1.29 is 4.92 Å². The summed E-state index contributed by atoms with van der Waals surface area (Å²) >= 11 is 12.4. The van der Waals surface area contributed by atoms with Crippen LogP contribution in [0.15, 0.2) is 53.6 Å². The molecule has 1 aromatic heterocycles. The largest absolute Gasteiger partial charge is 0.278 e. The number of non-ortho nitro benzene ring substituents is 1. The average molecular weight is 390 g/mol. The standard InChI is InChI=1S/C17H13Cl2N5O2/c1-11-16(10-20-21-13-5-3-7-15(9-13)24(25)26)17(19)23(22-11)14-6-2-4-12(18)8-14/h2-10,21H,1H3/b20-10-. The molecule has 0 fully saturated rings. The van der Waals surface area contributed by atoms with Gasteiger partial charge < -0.3 is 0 Å². The van der Waals surface area contributed by atoms with E-state index in [1.807, 2.05) is 19.1 Å². The number of benzene rings is 2. The van der Waals surface area contributed by atoms with Gasteiger partial charge in [0.05, 0.1) is 33.8 Å². The van der Waals surface area contributed by atoms with Gasteiger partial charge in [-0.15, -0.1) is 0 Å². The van der Waals surface area contributed by atoms with Gasteiger partial charge in [-0.05, 0) is 31.2 Å². The Morgan fingerprint density at radius 2 is 2.00 bits per heavy atom. The van der Waals surface area contributed by atoms with Crippen LogP contribution in [0.5, 0.6) is 0 Å². The minimum absolute atomic E-state index is 0.0202. The van der Waals surface area contributed by atoms with Crippen LogP contribution in [-0.4, -0.2) is 20.9 Å². The molecular weight excluding hydrogens is 377 g/mol. The maximum absolute atomic E-state index is 10.8. The molecule has 1 heterocycles. The first-order valence-corrected chi connectivity index (χ1v) is 8.26. The number of hydrogen-bond donors (Lipinski definition) is 1. The Kier molecular flexibility index (Phi) is 5.20. The number of rotatable bonds is 5. The van der Waals surface area contributed by atoms with Gasteiger partial charge >= 0.3 is 0 Å². The summed E-state index contributed by atoms with van der Waals surface area (Å²) in [6.45, 7) is 1.81. The summed E-state index contributed by atoms with van der Waals surface area (Å²) in [5, 5.41) is 20.3. The first kappa shape index (κ1) is 17.9. The second-order valence-electron chi connectivity index (χ2n) is 5.36. The number of anilines is 1. The summed E-state index contributed by atoms with van der Waals surface area (Å²) in [6.07, 6.45) is 1.52. The summed E-state index contributed by atoms with van der Waals surface area (Å²) in [6, 6.07) is 13.2. The van der Waals surface area contributed by atoms with E-state index in [9.17, 15) is 10.1 Å². The molecule has 0 radical (unpaired) electrons. The molecule has 0 saturated carbocycles. The molecule has 0 aliphatic carbocycles. The highest BCUT2D eigenvalue weighted by molar-refractivity contribution is 6.32. The van der Waals surface area contributed by atoms with Crippen LogP contribution in [0.3, 0.4) is 0 Å². The van der Waals surface area contributed by atoms with Gasteiger partial charge in [0.25, 0.3) is 5.69 Å². The normalized spacial score (nSPS) is 11.0. The molecular formula is C17H13Cl2N5O2. The van der Waals surface area contributed by atoms with Crippen LogP contribution in [0.2, 0.25) is 10.2 Å². The van der Waals surface area contributed by atoms with Gasteiger partial charge in [0, 0.05) is 17.2 Å². The topological polar surface area (TPSA) is 85.3 Å². The van der Waals surface area contributed by atoms with Crippen molar-refractivity contribution in [3.8, 4) is 5.69 Å². The predicted molar refractivity (Wildman–Crippen MR) is 103 cm³/mol. The van der Waals surface area contributed by atoms with E-state index < -0.39 is 4.92 Å². The lowest BCUT2D eigenvalue weighted by Gasteiger charge is -2.03. The Morgan fingerprint density at radius 3 is 2.73 bits per heavy atom. The number of hydrazone groups is 1. The highest BCUT2D eigenvalue weighted by atomic mass is 35.5. The Balaban J connectivity index is 1.83. The second kappa shape index (κ2) is 7.55. The first-order chi connectivity index (χ1) is 12.5. The molecule has 26 heavy (non-hydrogen) atoms. The monoisotopic (exact) mass is 389 g/mol. The van der Waals surface area contributed by atoms with Gasteiger partial charge in [-0.2, -0.15) is 10.2 Å². The average Bonchev–Trinajstić information content (AvgIpc) is 2.90. The van der Waals surface area contributed by atoms with E-state index in [1.165, 1.54) is 18.3 Å². The maximum atomic E-state index is 10.8. The van der Waals surface area contributed by atoms with E-state index in [2.05, 4.69) is 15.6 Å². The molecule has 132 valence electrons. The number of nitro benzene ring substituents is 1. The highest BCUT2D eigenvalue weighted by Gasteiger charge is 2.13. The summed E-state index contributed by atoms with van der Waals surface area (Å²) in [7, 11) is 0. The van der Waals surface area contributed by atoms with Crippen molar-refractivity contribution in [2.75, 3.05) is 5.43 Å². The minimum Gasteiger partial charge on any atom is -0.278 e. The van der Waals surface area contributed by atoms with E-state index in [-0.39, 0.29) is 5.69 Å². The number of nitrogens with one attached hydrogen (secondary N) is 1. The molecule has 9 heteroatoms. The third kappa shape index (κ3) is 3.84. The minimum atomic E-state index is -0.467. The molecule has 0 saturated heterocycles. The van der Waals surface area contributed by atoms with Crippen LogP contribution in [0.25, 0.3) is 5.69 Å². The summed E-state index contributed by atoms with van der Waals surface area (Å²) in [5.74, 6) is 0. The Hall–Kier alpha value is -2.90. The lowest BCUT2D eigenvalue weighted by molar-refractivity contribution is -0.384. The molecule has 0 aliphatic heterocycles. The number of halogens is 2. The van der Waals surface area contributed by atoms with E-state index in [0.717, 1.165) is 5.69 Å². The summed E-state index contributed by atoms with van der Waals surface area (Å²) < 4.78 is 1.57. The molecule has 0 aliphatic rings. The molecule has 0 atom stereocenters. The SMILES string of the molecule is Cc1nn(-c2cccc(Cl)c2)c(Cl)c1/C=N\Nc1cccc([N+](=O)[O-])c1. The quantitative estimate of drug-likeness (QED) is 0.384. The third-order valence-corrected chi connectivity index (χ3v) is 4.14. The number of nitro groups is 1. The molecule has 0 spiro atoms. The molecule has 7 nitrogen and oxygen atoms in total. The van der Waals surface area contributed by atoms with Gasteiger partial charge in [0.1, 0.15) is 5.15 Å². The van der Waals surface area contributed by atoms with Crippen molar-refractivity contribution in [1.82, 2.24) is 9.78 Å². The fraction of sp³-hybridized carbons (Fsp3) is 0.0588. The lowest BCUT2D eigenvalue weighted by atomic mass is 10.3. The van der Waals surface area contributed by atoms with Crippen molar-refractivity contribution in [3.05, 3.63) is 80.1 Å². The van der Waals surface area contributed by atoms with Crippen molar-refractivity contribution in [1.29, 1.82) is 0 Å². The van der Waals surface area contributed by atoms with Crippen LogP contribution in [0.4, 0.5) is 11.4 Å². The van der Waals surface area contributed by atoms with Gasteiger partial charge in [-0.1, -0.05) is 35.3 Å². The molecule has 3 aromatic rings. The first-order valence-electron chi connectivity index (χ1n) is 7.50. The van der Waals surface area contributed by atoms with Crippen LogP contribution in [0.1, 0.15) is 11.3 Å². The van der Waals surface area contributed by atoms with Gasteiger partial charge in [0.15, 0.2) is 0 Å². The molecule has 1 N–H and O–H groups in total. The fourth-order valence-corrected chi connectivity index (χ4v) is 2.80. The van der Waals surface area contributed by atoms with Crippen LogP contribution in [-0.2, 0) is 0 Å². The zero-order valence-electron chi connectivity index (χ0n) is 13.6. The fourth-order valence-electron chi connectivity index (χ4n) is 2.30. The van der Waals surface area contributed by atoms with Crippen LogP contribution < -0.4 is 5.43 Å². The number of hydrogen-bond acceptors (Lipinski definition) is 5. The van der Waals surface area contributed by atoms with Crippen LogP contribution in [0, 0.1) is 17.0 Å². The summed E-state index contributed by atoms with van der Waals surface area (Å²) in [5.41, 5.74) is 5.26. The number of aromatic nitrogens is 2.